The Kier molecular flexibility index (Phi) is 5.97. The molecule has 6 heteroatoms. The number of hydrogen-bond acceptors (Lipinski definition) is 5. The van der Waals surface area contributed by atoms with Crippen molar-refractivity contribution < 1.29 is 23.5 Å². The second-order valence-corrected chi connectivity index (χ2v) is 10.9. The first-order valence-electron chi connectivity index (χ1n) is 11.9. The second-order valence-electron chi connectivity index (χ2n) is 9.88. The van der Waals surface area contributed by atoms with Gasteiger partial charge in [-0.3, -0.25) is 0 Å². The first kappa shape index (κ1) is 21.2. The molecule has 3 saturated heterocycles. The third-order valence-corrected chi connectivity index (χ3v) is 9.03. The first-order valence-corrected chi connectivity index (χ1v) is 12.8. The zero-order valence-corrected chi connectivity index (χ0v) is 19.0. The summed E-state index contributed by atoms with van der Waals surface area (Å²) in [6.07, 6.45) is 9.71. The molecule has 3 aliphatic heterocycles. The van der Waals surface area contributed by atoms with Crippen molar-refractivity contribution in [2.24, 2.45) is 11.8 Å². The van der Waals surface area contributed by atoms with E-state index in [1.165, 1.54) is 30.7 Å². The summed E-state index contributed by atoms with van der Waals surface area (Å²) in [5.41, 5.74) is -1.66. The average Bonchev–Trinajstić information content (AvgIpc) is 3.58. The number of nitrogens with zero attached hydrogens (tertiary/aromatic N) is 1. The standard InChI is InChI=1S/C25H34NO4S/c27-24(25(28,20-6-1-2-7-20)23-10-4-16-29-23)30-22-18-26(14-11-19(22)12-15-26)13-3-8-21-9-5-17-31-21/h4-5,9-10,16-17,19-20,22,28H,1-3,6-8,11-15,18H2/q+1/t19?,22-,25+,26?/m0/s1. The van der Waals surface area contributed by atoms with E-state index in [1.807, 2.05) is 11.3 Å². The molecule has 1 N–H and O–H groups in total. The Morgan fingerprint density at radius 3 is 2.68 bits per heavy atom. The number of rotatable bonds is 8. The molecule has 0 amide bonds. The molecule has 1 saturated carbocycles. The van der Waals surface area contributed by atoms with Gasteiger partial charge in [0.05, 0.1) is 25.9 Å². The van der Waals surface area contributed by atoms with Crippen molar-refractivity contribution in [1.82, 2.24) is 0 Å². The number of aliphatic hydroxyl groups is 1. The molecular weight excluding hydrogens is 410 g/mol. The lowest BCUT2D eigenvalue weighted by Crippen LogP contribution is -2.65. The van der Waals surface area contributed by atoms with Gasteiger partial charge in [0.25, 0.3) is 0 Å². The fraction of sp³-hybridized carbons (Fsp3) is 0.640. The summed E-state index contributed by atoms with van der Waals surface area (Å²) >= 11 is 1.84. The van der Waals surface area contributed by atoms with Crippen LogP contribution in [0.15, 0.2) is 40.3 Å². The summed E-state index contributed by atoms with van der Waals surface area (Å²) in [5.74, 6) is 0.141. The van der Waals surface area contributed by atoms with Gasteiger partial charge >= 0.3 is 5.97 Å². The zero-order valence-electron chi connectivity index (χ0n) is 18.2. The fourth-order valence-electron chi connectivity index (χ4n) is 6.25. The summed E-state index contributed by atoms with van der Waals surface area (Å²) in [5, 5.41) is 13.7. The van der Waals surface area contributed by atoms with Gasteiger partial charge in [0.1, 0.15) is 12.3 Å². The Balaban J connectivity index is 1.27. The molecule has 0 radical (unpaired) electrons. The van der Waals surface area contributed by atoms with Crippen molar-refractivity contribution in [2.75, 3.05) is 26.2 Å². The van der Waals surface area contributed by atoms with Crippen LogP contribution < -0.4 is 0 Å². The maximum atomic E-state index is 13.4. The molecule has 31 heavy (non-hydrogen) atoms. The summed E-state index contributed by atoms with van der Waals surface area (Å²) < 4.78 is 12.7. The molecule has 168 valence electrons. The van der Waals surface area contributed by atoms with E-state index in [1.54, 1.807) is 12.1 Å². The number of quaternary nitrogens is 1. The minimum Gasteiger partial charge on any atom is -0.466 e. The highest BCUT2D eigenvalue weighted by Gasteiger charge is 2.53. The van der Waals surface area contributed by atoms with Gasteiger partial charge in [-0.15, -0.1) is 11.3 Å². The summed E-state index contributed by atoms with van der Waals surface area (Å²) in [4.78, 5) is 14.9. The molecule has 4 aliphatic rings. The zero-order chi connectivity index (χ0) is 21.3. The van der Waals surface area contributed by atoms with E-state index in [0.29, 0.717) is 11.7 Å². The number of carbonyl (C=O) groups is 1. The van der Waals surface area contributed by atoms with Crippen molar-refractivity contribution in [3.05, 3.63) is 46.5 Å². The van der Waals surface area contributed by atoms with Gasteiger partial charge in [-0.1, -0.05) is 18.9 Å². The Morgan fingerprint density at radius 1 is 1.19 bits per heavy atom. The summed E-state index contributed by atoms with van der Waals surface area (Å²) in [7, 11) is 0. The predicted molar refractivity (Wildman–Crippen MR) is 120 cm³/mol. The van der Waals surface area contributed by atoms with Crippen LogP contribution in [0.3, 0.4) is 0 Å². The van der Waals surface area contributed by atoms with Gasteiger partial charge in [0.2, 0.25) is 5.60 Å². The number of thiophene rings is 1. The van der Waals surface area contributed by atoms with Crippen molar-refractivity contribution in [2.45, 2.75) is 63.1 Å². The smallest absolute Gasteiger partial charge is 0.346 e. The molecule has 5 nitrogen and oxygen atoms in total. The van der Waals surface area contributed by atoms with E-state index < -0.39 is 11.6 Å². The molecule has 0 unspecified atom stereocenters. The molecule has 0 spiro atoms. The molecule has 2 aromatic heterocycles. The number of carbonyl (C=O) groups excluding carboxylic acids is 1. The largest absolute Gasteiger partial charge is 0.466 e. The van der Waals surface area contributed by atoms with Gasteiger partial charge in [-0.05, 0) is 42.8 Å². The summed E-state index contributed by atoms with van der Waals surface area (Å²) in [6, 6.07) is 7.80. The van der Waals surface area contributed by atoms with E-state index in [9.17, 15) is 9.90 Å². The van der Waals surface area contributed by atoms with Crippen LogP contribution in [0, 0.1) is 11.8 Å². The van der Waals surface area contributed by atoms with Crippen LogP contribution in [0.4, 0.5) is 0 Å². The highest BCUT2D eigenvalue weighted by molar-refractivity contribution is 7.09. The Bertz CT molecular complexity index is 850. The molecule has 2 atom stereocenters. The lowest BCUT2D eigenvalue weighted by Gasteiger charge is -2.52. The monoisotopic (exact) mass is 444 g/mol. The second kappa shape index (κ2) is 8.72. The minimum atomic E-state index is -1.66. The number of hydrogen-bond donors (Lipinski definition) is 1. The van der Waals surface area contributed by atoms with Crippen LogP contribution in [-0.2, 0) is 21.6 Å². The number of ether oxygens (including phenoxy) is 1. The number of fused-ring (bicyclic) bond motifs is 3. The highest BCUT2D eigenvalue weighted by Crippen LogP contribution is 2.43. The third kappa shape index (κ3) is 4.10. The van der Waals surface area contributed by atoms with E-state index in [4.69, 9.17) is 9.15 Å². The molecule has 0 aromatic carbocycles. The molecule has 4 fully saturated rings. The van der Waals surface area contributed by atoms with Crippen LogP contribution in [0.2, 0.25) is 0 Å². The van der Waals surface area contributed by atoms with E-state index in [0.717, 1.165) is 62.5 Å². The predicted octanol–water partition coefficient (Wildman–Crippen LogP) is 4.50. The van der Waals surface area contributed by atoms with Crippen molar-refractivity contribution in [3.8, 4) is 0 Å². The first-order chi connectivity index (χ1) is 15.1. The van der Waals surface area contributed by atoms with Crippen molar-refractivity contribution in [1.29, 1.82) is 0 Å². The van der Waals surface area contributed by atoms with Gasteiger partial charge in [0.15, 0.2) is 6.10 Å². The lowest BCUT2D eigenvalue weighted by atomic mass is 9.81. The molecule has 6 rings (SSSR count). The molecule has 1 aliphatic carbocycles. The number of furan rings is 1. The van der Waals surface area contributed by atoms with Gasteiger partial charge in [-0.2, -0.15) is 0 Å². The molecule has 5 heterocycles. The summed E-state index contributed by atoms with van der Waals surface area (Å²) in [6.45, 7) is 4.41. The lowest BCUT2D eigenvalue weighted by molar-refractivity contribution is -0.946. The Labute approximate surface area is 188 Å². The van der Waals surface area contributed by atoms with Crippen LogP contribution in [0.5, 0.6) is 0 Å². The van der Waals surface area contributed by atoms with Crippen LogP contribution >= 0.6 is 11.3 Å². The topological polar surface area (TPSA) is 59.7 Å². The number of piperidine rings is 3. The van der Waals surface area contributed by atoms with Crippen molar-refractivity contribution >= 4 is 17.3 Å². The van der Waals surface area contributed by atoms with Crippen LogP contribution in [0.1, 0.15) is 55.6 Å². The van der Waals surface area contributed by atoms with E-state index in [2.05, 4.69) is 17.5 Å². The third-order valence-electron chi connectivity index (χ3n) is 8.09. The van der Waals surface area contributed by atoms with Crippen LogP contribution in [0.25, 0.3) is 0 Å². The van der Waals surface area contributed by atoms with Gasteiger partial charge in [0, 0.05) is 36.0 Å². The van der Waals surface area contributed by atoms with Crippen molar-refractivity contribution in [3.63, 3.8) is 0 Å². The molecular formula is C25H34NO4S+. The van der Waals surface area contributed by atoms with Gasteiger partial charge in [-0.25, -0.2) is 4.79 Å². The molecule has 2 bridgehead atoms. The minimum absolute atomic E-state index is 0.0976. The van der Waals surface area contributed by atoms with Gasteiger partial charge < -0.3 is 18.7 Å². The fourth-order valence-corrected chi connectivity index (χ4v) is 7.00. The number of aryl methyl sites for hydroxylation is 1. The average molecular weight is 445 g/mol. The van der Waals surface area contributed by atoms with E-state index in [-0.39, 0.29) is 12.0 Å². The quantitative estimate of drug-likeness (QED) is 0.481. The van der Waals surface area contributed by atoms with E-state index >= 15 is 0 Å². The van der Waals surface area contributed by atoms with Crippen LogP contribution in [-0.4, -0.2) is 47.8 Å². The molecule has 2 aromatic rings. The Morgan fingerprint density at radius 2 is 2.00 bits per heavy atom. The normalized spacial score (nSPS) is 30.4. The Hall–Kier alpha value is -1.63. The number of esters is 1. The highest BCUT2D eigenvalue weighted by atomic mass is 32.1. The maximum absolute atomic E-state index is 13.4. The maximum Gasteiger partial charge on any atom is 0.346 e. The SMILES string of the molecule is O=C(O[C@H]1C[N+]2(CCCc3cccs3)CCC1CC2)[C@](O)(c1ccco1)C1CCCC1.